The van der Waals surface area contributed by atoms with Gasteiger partial charge < -0.3 is 10.1 Å². The van der Waals surface area contributed by atoms with Crippen LogP contribution in [0.25, 0.3) is 0 Å². The van der Waals surface area contributed by atoms with Gasteiger partial charge in [-0.15, -0.1) is 0 Å². The van der Waals surface area contributed by atoms with E-state index >= 15 is 0 Å². The lowest BCUT2D eigenvalue weighted by atomic mass is 10.2. The monoisotopic (exact) mass is 284 g/mol. The van der Waals surface area contributed by atoms with Crippen molar-refractivity contribution in [2.75, 3.05) is 24.2 Å². The number of anilines is 1. The van der Waals surface area contributed by atoms with Crippen LogP contribution in [0.4, 0.5) is 5.69 Å². The molecule has 0 unspecified atom stereocenters. The van der Waals surface area contributed by atoms with Crippen LogP contribution in [0.3, 0.4) is 0 Å². The van der Waals surface area contributed by atoms with Gasteiger partial charge in [-0.25, -0.2) is 8.42 Å². The third-order valence-corrected chi connectivity index (χ3v) is 4.18. The highest BCUT2D eigenvalue weighted by Crippen LogP contribution is 2.20. The summed E-state index contributed by atoms with van der Waals surface area (Å²) in [5.41, 5.74) is 1.69. The Morgan fingerprint density at radius 1 is 1.37 bits per heavy atom. The fourth-order valence-electron chi connectivity index (χ4n) is 1.72. The molecule has 1 fully saturated rings. The first-order chi connectivity index (χ1) is 9.09. The van der Waals surface area contributed by atoms with E-state index in [-0.39, 0.29) is 12.4 Å². The van der Waals surface area contributed by atoms with E-state index in [0.717, 1.165) is 12.1 Å². The lowest BCUT2D eigenvalue weighted by Gasteiger charge is -2.09. The summed E-state index contributed by atoms with van der Waals surface area (Å²) in [5, 5.41) is 3.40. The van der Waals surface area contributed by atoms with Gasteiger partial charge in [0.1, 0.15) is 0 Å². The second-order valence-electron chi connectivity index (χ2n) is 4.77. The van der Waals surface area contributed by atoms with Crippen molar-refractivity contribution in [1.29, 1.82) is 0 Å². The third kappa shape index (κ3) is 5.18. The molecule has 6 heteroatoms. The summed E-state index contributed by atoms with van der Waals surface area (Å²) in [5.74, 6) is -0.0337. The maximum atomic E-state index is 11.7. The van der Waals surface area contributed by atoms with Gasteiger partial charge >= 0.3 is 0 Å². The molecular weight excluding hydrogens is 264 g/mol. The number of rotatable bonds is 8. The van der Waals surface area contributed by atoms with Crippen LogP contribution in [-0.4, -0.2) is 33.9 Å². The van der Waals surface area contributed by atoms with Crippen molar-refractivity contribution in [2.24, 2.45) is 0 Å². The molecule has 1 aliphatic rings. The summed E-state index contributed by atoms with van der Waals surface area (Å²) in [6, 6.07) is 8.10. The second kappa shape index (κ2) is 6.36. The molecule has 1 aliphatic carbocycles. The van der Waals surface area contributed by atoms with Gasteiger partial charge in [0.15, 0.2) is 0 Å². The Morgan fingerprint density at radius 2 is 2.16 bits per heavy atom. The molecule has 0 atom stereocenters. The van der Waals surface area contributed by atoms with Gasteiger partial charge in [-0.1, -0.05) is 12.1 Å². The van der Waals surface area contributed by atoms with E-state index in [4.69, 9.17) is 4.74 Å². The van der Waals surface area contributed by atoms with Crippen LogP contribution in [0.2, 0.25) is 0 Å². The lowest BCUT2D eigenvalue weighted by molar-refractivity contribution is 0.217. The first kappa shape index (κ1) is 14.3. The van der Waals surface area contributed by atoms with Crippen molar-refractivity contribution in [3.05, 3.63) is 29.8 Å². The standard InChI is InChI=1S/C13H20N2O3S/c1-18-7-8-19(16,17)15-13-4-2-3-11(9-13)10-14-12-5-6-12/h2-4,9,12,14-15H,5-8,10H2,1H3. The van der Waals surface area contributed by atoms with Crippen molar-refractivity contribution < 1.29 is 13.2 Å². The van der Waals surface area contributed by atoms with E-state index in [9.17, 15) is 8.42 Å². The molecule has 0 aliphatic heterocycles. The van der Waals surface area contributed by atoms with Gasteiger partial charge in [-0.2, -0.15) is 0 Å². The normalized spacial score (nSPS) is 15.4. The van der Waals surface area contributed by atoms with Crippen LogP contribution in [0.15, 0.2) is 24.3 Å². The SMILES string of the molecule is COCCS(=O)(=O)Nc1cccc(CNC2CC2)c1. The van der Waals surface area contributed by atoms with Gasteiger partial charge in [0, 0.05) is 25.4 Å². The van der Waals surface area contributed by atoms with Crippen LogP contribution in [0.1, 0.15) is 18.4 Å². The molecule has 1 aromatic rings. The zero-order valence-electron chi connectivity index (χ0n) is 11.1. The third-order valence-electron chi connectivity index (χ3n) is 2.93. The molecule has 19 heavy (non-hydrogen) atoms. The summed E-state index contributed by atoms with van der Waals surface area (Å²) in [4.78, 5) is 0. The largest absolute Gasteiger partial charge is 0.384 e. The number of nitrogens with one attached hydrogen (secondary N) is 2. The second-order valence-corrected chi connectivity index (χ2v) is 6.61. The van der Waals surface area contributed by atoms with Gasteiger partial charge in [-0.3, -0.25) is 4.72 Å². The maximum absolute atomic E-state index is 11.7. The first-order valence-electron chi connectivity index (χ1n) is 6.41. The fraction of sp³-hybridized carbons (Fsp3) is 0.538. The molecule has 0 saturated heterocycles. The summed E-state index contributed by atoms with van der Waals surface area (Å²) in [7, 11) is -1.84. The van der Waals surface area contributed by atoms with Gasteiger partial charge in [0.25, 0.3) is 0 Å². The Hall–Kier alpha value is -1.11. The molecule has 0 bridgehead atoms. The molecule has 0 heterocycles. The Bertz CT molecular complexity index is 512. The number of hydrogen-bond acceptors (Lipinski definition) is 4. The fourth-order valence-corrected chi connectivity index (χ4v) is 2.69. The van der Waals surface area contributed by atoms with Crippen LogP contribution < -0.4 is 10.0 Å². The smallest absolute Gasteiger partial charge is 0.234 e. The van der Waals surface area contributed by atoms with E-state index in [1.165, 1.54) is 20.0 Å². The highest BCUT2D eigenvalue weighted by atomic mass is 32.2. The summed E-state index contributed by atoms with van der Waals surface area (Å²) in [6.07, 6.45) is 2.48. The van der Waals surface area contributed by atoms with E-state index in [1.807, 2.05) is 18.2 Å². The molecule has 0 amide bonds. The first-order valence-corrected chi connectivity index (χ1v) is 8.06. The van der Waals surface area contributed by atoms with Gasteiger partial charge in [0.2, 0.25) is 10.0 Å². The molecule has 5 nitrogen and oxygen atoms in total. The lowest BCUT2D eigenvalue weighted by Crippen LogP contribution is -2.20. The highest BCUT2D eigenvalue weighted by Gasteiger charge is 2.20. The zero-order chi connectivity index (χ0) is 13.7. The van der Waals surface area contributed by atoms with Crippen LogP contribution in [-0.2, 0) is 21.3 Å². The van der Waals surface area contributed by atoms with E-state index in [1.54, 1.807) is 6.07 Å². The van der Waals surface area contributed by atoms with Gasteiger partial charge in [0.05, 0.1) is 12.4 Å². The highest BCUT2D eigenvalue weighted by molar-refractivity contribution is 7.92. The van der Waals surface area contributed by atoms with Crippen molar-refractivity contribution in [3.8, 4) is 0 Å². The topological polar surface area (TPSA) is 67.4 Å². The molecule has 1 saturated carbocycles. The number of hydrogen-bond donors (Lipinski definition) is 2. The maximum Gasteiger partial charge on any atom is 0.234 e. The van der Waals surface area contributed by atoms with E-state index in [0.29, 0.717) is 11.7 Å². The Labute approximate surface area is 114 Å². The minimum Gasteiger partial charge on any atom is -0.384 e. The molecule has 2 N–H and O–H groups in total. The Morgan fingerprint density at radius 3 is 2.84 bits per heavy atom. The number of ether oxygens (including phenoxy) is 1. The Kier molecular flexibility index (Phi) is 4.79. The average Bonchev–Trinajstić information content (AvgIpc) is 3.18. The minimum atomic E-state index is -3.33. The molecule has 1 aromatic carbocycles. The van der Waals surface area contributed by atoms with Crippen molar-refractivity contribution in [1.82, 2.24) is 5.32 Å². The summed E-state index contributed by atoms with van der Waals surface area (Å²) >= 11 is 0. The molecule has 0 spiro atoms. The zero-order valence-corrected chi connectivity index (χ0v) is 11.9. The molecule has 2 rings (SSSR count). The molecule has 106 valence electrons. The molecule has 0 radical (unpaired) electrons. The predicted molar refractivity (Wildman–Crippen MR) is 75.6 cm³/mol. The number of benzene rings is 1. The van der Waals surface area contributed by atoms with Crippen LogP contribution >= 0.6 is 0 Å². The summed E-state index contributed by atoms with van der Waals surface area (Å²) in [6.45, 7) is 0.969. The van der Waals surface area contributed by atoms with E-state index < -0.39 is 10.0 Å². The number of sulfonamides is 1. The summed E-state index contributed by atoms with van der Waals surface area (Å²) < 4.78 is 30.8. The molecular formula is C13H20N2O3S. The molecule has 0 aromatic heterocycles. The van der Waals surface area contributed by atoms with Crippen LogP contribution in [0.5, 0.6) is 0 Å². The average molecular weight is 284 g/mol. The van der Waals surface area contributed by atoms with Crippen molar-refractivity contribution in [2.45, 2.75) is 25.4 Å². The van der Waals surface area contributed by atoms with Crippen molar-refractivity contribution in [3.63, 3.8) is 0 Å². The minimum absolute atomic E-state index is 0.0337. The number of methoxy groups -OCH3 is 1. The quantitative estimate of drug-likeness (QED) is 0.755. The predicted octanol–water partition coefficient (Wildman–Crippen LogP) is 1.33. The van der Waals surface area contributed by atoms with Crippen LogP contribution in [0, 0.1) is 0 Å². The van der Waals surface area contributed by atoms with Gasteiger partial charge in [-0.05, 0) is 30.5 Å². The van der Waals surface area contributed by atoms with Crippen molar-refractivity contribution >= 4 is 15.7 Å². The Balaban J connectivity index is 1.93. The van der Waals surface area contributed by atoms with E-state index in [2.05, 4.69) is 10.0 Å².